The number of aromatic nitrogens is 2. The standard InChI is InChI=1S/C19H31N5O2/c1-5-7-14-12-21-18(22-15-8-10-20-11-9-15)23-17(14)24(13-25)16(6-2)19(3,4)26/h5,7,12-13,15-16,20,26H,6,8-11H2,1-4H3,(H,21,22,23)/b7-5-/t16-/m1/s1. The molecule has 1 saturated heterocycles. The number of hydrogen-bond acceptors (Lipinski definition) is 6. The molecule has 0 spiro atoms. The molecule has 0 aromatic carbocycles. The zero-order chi connectivity index (χ0) is 19.2. The van der Waals surface area contributed by atoms with Crippen LogP contribution in [0.3, 0.4) is 0 Å². The SMILES string of the molecule is C/C=C\c1cnc(NC2CCNCC2)nc1N(C=O)[C@H](CC)C(C)(C)O. The fourth-order valence-electron chi connectivity index (χ4n) is 3.41. The molecule has 2 heterocycles. The van der Waals surface area contributed by atoms with E-state index in [4.69, 9.17) is 0 Å². The van der Waals surface area contributed by atoms with Gasteiger partial charge in [-0.1, -0.05) is 19.1 Å². The summed E-state index contributed by atoms with van der Waals surface area (Å²) in [5.74, 6) is 1.02. The van der Waals surface area contributed by atoms with E-state index < -0.39 is 5.60 Å². The number of rotatable bonds is 8. The summed E-state index contributed by atoms with van der Waals surface area (Å²) >= 11 is 0. The largest absolute Gasteiger partial charge is 0.388 e. The van der Waals surface area contributed by atoms with Gasteiger partial charge >= 0.3 is 0 Å². The van der Waals surface area contributed by atoms with Gasteiger partial charge in [0.1, 0.15) is 5.82 Å². The summed E-state index contributed by atoms with van der Waals surface area (Å²) in [5.41, 5.74) is -0.297. The average molecular weight is 361 g/mol. The van der Waals surface area contributed by atoms with Crippen LogP contribution in [0.25, 0.3) is 6.08 Å². The van der Waals surface area contributed by atoms with Crippen LogP contribution in [-0.4, -0.2) is 52.3 Å². The first kappa shape index (κ1) is 20.3. The van der Waals surface area contributed by atoms with Crippen LogP contribution in [0.2, 0.25) is 0 Å². The van der Waals surface area contributed by atoms with Gasteiger partial charge in [-0.2, -0.15) is 4.98 Å². The Morgan fingerprint density at radius 2 is 2.15 bits per heavy atom. The number of aliphatic hydroxyl groups is 1. The predicted octanol–water partition coefficient (Wildman–Crippen LogP) is 2.19. The number of anilines is 2. The Bertz CT molecular complexity index is 621. The fourth-order valence-corrected chi connectivity index (χ4v) is 3.41. The molecule has 26 heavy (non-hydrogen) atoms. The highest BCUT2D eigenvalue weighted by Gasteiger charge is 2.33. The van der Waals surface area contributed by atoms with Crippen molar-refractivity contribution in [3.05, 3.63) is 17.8 Å². The van der Waals surface area contributed by atoms with Gasteiger partial charge in [-0.05, 0) is 53.1 Å². The lowest BCUT2D eigenvalue weighted by molar-refractivity contribution is -0.109. The molecule has 0 saturated carbocycles. The van der Waals surface area contributed by atoms with Crippen LogP contribution in [0.1, 0.15) is 52.5 Å². The van der Waals surface area contributed by atoms with Crippen molar-refractivity contribution >= 4 is 24.3 Å². The van der Waals surface area contributed by atoms with Crippen molar-refractivity contribution in [2.24, 2.45) is 0 Å². The Labute approximate surface area is 155 Å². The Kier molecular flexibility index (Phi) is 7.11. The third-order valence-electron chi connectivity index (χ3n) is 4.71. The number of allylic oxidation sites excluding steroid dienone is 1. The minimum atomic E-state index is -1.05. The van der Waals surface area contributed by atoms with E-state index in [1.807, 2.05) is 26.0 Å². The first-order valence-electron chi connectivity index (χ1n) is 9.33. The number of nitrogens with one attached hydrogen (secondary N) is 2. The van der Waals surface area contributed by atoms with Crippen molar-refractivity contribution in [2.45, 2.75) is 64.6 Å². The van der Waals surface area contributed by atoms with Crippen molar-refractivity contribution in [2.75, 3.05) is 23.3 Å². The maximum atomic E-state index is 11.9. The van der Waals surface area contributed by atoms with Gasteiger partial charge in [0, 0.05) is 17.8 Å². The minimum absolute atomic E-state index is 0.317. The Balaban J connectivity index is 2.38. The van der Waals surface area contributed by atoms with Crippen molar-refractivity contribution in [3.63, 3.8) is 0 Å². The van der Waals surface area contributed by atoms with Crippen LogP contribution in [0.15, 0.2) is 12.3 Å². The first-order valence-corrected chi connectivity index (χ1v) is 9.33. The smallest absolute Gasteiger partial charge is 0.224 e. The number of amides is 1. The molecule has 1 fully saturated rings. The van der Waals surface area contributed by atoms with E-state index in [0.29, 0.717) is 24.2 Å². The zero-order valence-corrected chi connectivity index (χ0v) is 16.2. The average Bonchev–Trinajstić information content (AvgIpc) is 2.61. The Hall–Kier alpha value is -1.99. The van der Waals surface area contributed by atoms with E-state index in [1.165, 1.54) is 4.90 Å². The fraction of sp³-hybridized carbons (Fsp3) is 0.632. The number of piperidine rings is 1. The van der Waals surface area contributed by atoms with Crippen LogP contribution < -0.4 is 15.5 Å². The molecule has 0 bridgehead atoms. The van der Waals surface area contributed by atoms with Crippen LogP contribution in [0.5, 0.6) is 0 Å². The molecule has 1 aliphatic rings. The quantitative estimate of drug-likeness (QED) is 0.615. The van der Waals surface area contributed by atoms with Gasteiger partial charge in [-0.3, -0.25) is 9.69 Å². The highest BCUT2D eigenvalue weighted by molar-refractivity contribution is 5.80. The molecular formula is C19H31N5O2. The maximum absolute atomic E-state index is 11.9. The first-order chi connectivity index (χ1) is 12.4. The third-order valence-corrected chi connectivity index (χ3v) is 4.71. The van der Waals surface area contributed by atoms with E-state index in [-0.39, 0.29) is 6.04 Å². The zero-order valence-electron chi connectivity index (χ0n) is 16.2. The number of carbonyl (C=O) groups is 1. The Morgan fingerprint density at radius 1 is 1.46 bits per heavy atom. The summed E-state index contributed by atoms with van der Waals surface area (Å²) in [7, 11) is 0. The van der Waals surface area contributed by atoms with Crippen LogP contribution in [-0.2, 0) is 4.79 Å². The third kappa shape index (κ3) is 5.02. The van der Waals surface area contributed by atoms with Crippen molar-refractivity contribution in [1.29, 1.82) is 0 Å². The molecule has 1 aliphatic heterocycles. The summed E-state index contributed by atoms with van der Waals surface area (Å²) in [6.45, 7) is 9.22. The summed E-state index contributed by atoms with van der Waals surface area (Å²) in [4.78, 5) is 22.5. The molecule has 1 atom stereocenters. The molecule has 3 N–H and O–H groups in total. The molecule has 0 unspecified atom stereocenters. The lowest BCUT2D eigenvalue weighted by atomic mass is 9.95. The van der Waals surface area contributed by atoms with E-state index >= 15 is 0 Å². The highest BCUT2D eigenvalue weighted by atomic mass is 16.3. The number of nitrogens with zero attached hydrogens (tertiary/aromatic N) is 3. The molecule has 144 valence electrons. The molecular weight excluding hydrogens is 330 g/mol. The lowest BCUT2D eigenvalue weighted by Crippen LogP contribution is -2.49. The highest BCUT2D eigenvalue weighted by Crippen LogP contribution is 2.27. The van der Waals surface area contributed by atoms with Gasteiger partial charge in [-0.15, -0.1) is 0 Å². The summed E-state index contributed by atoms with van der Waals surface area (Å²) in [5, 5.41) is 17.2. The Morgan fingerprint density at radius 3 is 2.69 bits per heavy atom. The van der Waals surface area contributed by atoms with Crippen molar-refractivity contribution in [1.82, 2.24) is 15.3 Å². The summed E-state index contributed by atoms with van der Waals surface area (Å²) in [6.07, 6.45) is 8.85. The second-order valence-corrected chi connectivity index (χ2v) is 7.23. The summed E-state index contributed by atoms with van der Waals surface area (Å²) in [6, 6.07) is -0.0664. The maximum Gasteiger partial charge on any atom is 0.224 e. The van der Waals surface area contributed by atoms with Crippen LogP contribution >= 0.6 is 0 Å². The topological polar surface area (TPSA) is 90.4 Å². The molecule has 7 nitrogen and oxygen atoms in total. The van der Waals surface area contributed by atoms with E-state index in [0.717, 1.165) is 37.9 Å². The monoisotopic (exact) mass is 361 g/mol. The van der Waals surface area contributed by atoms with Gasteiger partial charge in [0.2, 0.25) is 12.4 Å². The van der Waals surface area contributed by atoms with Gasteiger partial charge in [0.25, 0.3) is 0 Å². The number of hydrogen-bond donors (Lipinski definition) is 3. The second kappa shape index (κ2) is 9.09. The molecule has 1 aromatic heterocycles. The van der Waals surface area contributed by atoms with E-state index in [1.54, 1.807) is 20.0 Å². The van der Waals surface area contributed by atoms with Gasteiger partial charge < -0.3 is 15.7 Å². The van der Waals surface area contributed by atoms with Crippen molar-refractivity contribution in [3.8, 4) is 0 Å². The number of carbonyl (C=O) groups excluding carboxylic acids is 1. The van der Waals surface area contributed by atoms with Gasteiger partial charge in [0.05, 0.1) is 11.6 Å². The lowest BCUT2D eigenvalue weighted by Gasteiger charge is -2.36. The van der Waals surface area contributed by atoms with Crippen LogP contribution in [0.4, 0.5) is 11.8 Å². The molecule has 1 amide bonds. The normalized spacial score (nSPS) is 17.3. The predicted molar refractivity (Wildman–Crippen MR) is 105 cm³/mol. The van der Waals surface area contributed by atoms with Gasteiger partial charge in [-0.25, -0.2) is 4.98 Å². The molecule has 1 aromatic rings. The van der Waals surface area contributed by atoms with E-state index in [9.17, 15) is 9.90 Å². The molecule has 0 radical (unpaired) electrons. The second-order valence-electron chi connectivity index (χ2n) is 7.23. The molecule has 0 aliphatic carbocycles. The van der Waals surface area contributed by atoms with Gasteiger partial charge in [0.15, 0.2) is 0 Å². The summed E-state index contributed by atoms with van der Waals surface area (Å²) < 4.78 is 0. The van der Waals surface area contributed by atoms with Crippen LogP contribution in [0, 0.1) is 0 Å². The molecule has 2 rings (SSSR count). The van der Waals surface area contributed by atoms with E-state index in [2.05, 4.69) is 20.6 Å². The molecule has 7 heteroatoms. The minimum Gasteiger partial charge on any atom is -0.388 e. The van der Waals surface area contributed by atoms with Crippen molar-refractivity contribution < 1.29 is 9.90 Å².